The molecule has 1 heterocycles. The van der Waals surface area contributed by atoms with E-state index in [1.807, 2.05) is 0 Å². The Morgan fingerprint density at radius 2 is 2.35 bits per heavy atom. The first-order valence-corrected chi connectivity index (χ1v) is 7.10. The Bertz CT molecular complexity index is 442. The molecule has 0 spiro atoms. The SMILES string of the molecule is COc1cccc(F)c1C(N)CCN1CCCC(O)C1. The van der Waals surface area contributed by atoms with Crippen LogP contribution in [-0.4, -0.2) is 42.9 Å². The third-order valence-electron chi connectivity index (χ3n) is 3.84. The van der Waals surface area contributed by atoms with Crippen LogP contribution in [0.25, 0.3) is 0 Å². The van der Waals surface area contributed by atoms with Gasteiger partial charge in [-0.25, -0.2) is 4.39 Å². The van der Waals surface area contributed by atoms with Crippen molar-refractivity contribution in [3.8, 4) is 5.75 Å². The quantitative estimate of drug-likeness (QED) is 0.862. The van der Waals surface area contributed by atoms with Gasteiger partial charge in [0.2, 0.25) is 0 Å². The Kier molecular flexibility index (Phi) is 5.34. The van der Waals surface area contributed by atoms with E-state index in [0.717, 1.165) is 25.9 Å². The van der Waals surface area contributed by atoms with Crippen LogP contribution < -0.4 is 10.5 Å². The molecule has 0 bridgehead atoms. The Morgan fingerprint density at radius 3 is 3.05 bits per heavy atom. The van der Waals surface area contributed by atoms with E-state index in [2.05, 4.69) is 4.90 Å². The zero-order valence-electron chi connectivity index (χ0n) is 11.9. The first-order chi connectivity index (χ1) is 9.61. The predicted octanol–water partition coefficient (Wildman–Crippen LogP) is 1.68. The normalized spacial score (nSPS) is 21.7. The first kappa shape index (κ1) is 15.2. The van der Waals surface area contributed by atoms with Crippen LogP contribution in [0.3, 0.4) is 0 Å². The first-order valence-electron chi connectivity index (χ1n) is 7.10. The highest BCUT2D eigenvalue weighted by Gasteiger charge is 2.21. The highest BCUT2D eigenvalue weighted by atomic mass is 19.1. The summed E-state index contributed by atoms with van der Waals surface area (Å²) in [5.41, 5.74) is 6.55. The van der Waals surface area contributed by atoms with Crippen molar-refractivity contribution in [1.82, 2.24) is 4.90 Å². The lowest BCUT2D eigenvalue weighted by Gasteiger charge is -2.30. The molecule has 0 amide bonds. The van der Waals surface area contributed by atoms with Crippen molar-refractivity contribution in [2.45, 2.75) is 31.4 Å². The third kappa shape index (κ3) is 3.69. The summed E-state index contributed by atoms with van der Waals surface area (Å²) < 4.78 is 19.1. The fourth-order valence-corrected chi connectivity index (χ4v) is 2.76. The zero-order valence-corrected chi connectivity index (χ0v) is 11.9. The fraction of sp³-hybridized carbons (Fsp3) is 0.600. The van der Waals surface area contributed by atoms with E-state index in [0.29, 0.717) is 24.3 Å². The van der Waals surface area contributed by atoms with Gasteiger partial charge in [0.05, 0.1) is 13.2 Å². The summed E-state index contributed by atoms with van der Waals surface area (Å²) >= 11 is 0. The molecular weight excluding hydrogens is 259 g/mol. The van der Waals surface area contributed by atoms with E-state index < -0.39 is 6.04 Å². The van der Waals surface area contributed by atoms with Gasteiger partial charge in [-0.15, -0.1) is 0 Å². The Balaban J connectivity index is 1.96. The van der Waals surface area contributed by atoms with Crippen LogP contribution in [0.5, 0.6) is 5.75 Å². The van der Waals surface area contributed by atoms with Crippen molar-refractivity contribution < 1.29 is 14.2 Å². The molecule has 20 heavy (non-hydrogen) atoms. The molecule has 2 rings (SSSR count). The summed E-state index contributed by atoms with van der Waals surface area (Å²) in [6.07, 6.45) is 2.26. The number of β-amino-alcohol motifs (C(OH)–C–C–N with tert-alkyl or cyclic N) is 1. The molecule has 1 saturated heterocycles. The van der Waals surface area contributed by atoms with E-state index in [1.165, 1.54) is 13.2 Å². The van der Waals surface area contributed by atoms with Crippen LogP contribution in [0.15, 0.2) is 18.2 Å². The van der Waals surface area contributed by atoms with Crippen molar-refractivity contribution in [3.05, 3.63) is 29.6 Å². The Hall–Kier alpha value is -1.17. The van der Waals surface area contributed by atoms with Gasteiger partial charge in [0.1, 0.15) is 11.6 Å². The number of hydrogen-bond donors (Lipinski definition) is 2. The summed E-state index contributed by atoms with van der Waals surface area (Å²) in [7, 11) is 1.52. The van der Waals surface area contributed by atoms with Gasteiger partial charge in [-0.3, -0.25) is 0 Å². The number of benzene rings is 1. The van der Waals surface area contributed by atoms with Gasteiger partial charge < -0.3 is 20.5 Å². The summed E-state index contributed by atoms with van der Waals surface area (Å²) in [5.74, 6) is 0.173. The highest BCUT2D eigenvalue weighted by molar-refractivity contribution is 5.37. The molecule has 0 saturated carbocycles. The second-order valence-electron chi connectivity index (χ2n) is 5.35. The van der Waals surface area contributed by atoms with Crippen molar-refractivity contribution in [2.75, 3.05) is 26.7 Å². The second-order valence-corrected chi connectivity index (χ2v) is 5.35. The topological polar surface area (TPSA) is 58.7 Å². The smallest absolute Gasteiger partial charge is 0.131 e. The van der Waals surface area contributed by atoms with E-state index in [1.54, 1.807) is 12.1 Å². The average Bonchev–Trinajstić information content (AvgIpc) is 2.44. The summed E-state index contributed by atoms with van der Waals surface area (Å²) in [5, 5.41) is 9.64. The van der Waals surface area contributed by atoms with Crippen LogP contribution in [-0.2, 0) is 0 Å². The fourth-order valence-electron chi connectivity index (χ4n) is 2.76. The van der Waals surface area contributed by atoms with E-state index in [-0.39, 0.29) is 11.9 Å². The largest absolute Gasteiger partial charge is 0.496 e. The molecule has 2 atom stereocenters. The van der Waals surface area contributed by atoms with Gasteiger partial charge >= 0.3 is 0 Å². The van der Waals surface area contributed by atoms with Gasteiger partial charge in [-0.05, 0) is 37.9 Å². The number of nitrogens with zero attached hydrogens (tertiary/aromatic N) is 1. The lowest BCUT2D eigenvalue weighted by molar-refractivity contribution is 0.0691. The number of hydrogen-bond acceptors (Lipinski definition) is 4. The van der Waals surface area contributed by atoms with Gasteiger partial charge in [-0.2, -0.15) is 0 Å². The molecule has 2 unspecified atom stereocenters. The Morgan fingerprint density at radius 1 is 1.55 bits per heavy atom. The van der Waals surface area contributed by atoms with Crippen LogP contribution in [0.1, 0.15) is 30.9 Å². The van der Waals surface area contributed by atoms with Crippen molar-refractivity contribution >= 4 is 0 Å². The second kappa shape index (κ2) is 7.02. The third-order valence-corrected chi connectivity index (χ3v) is 3.84. The summed E-state index contributed by atoms with van der Waals surface area (Å²) in [6, 6.07) is 4.35. The number of aliphatic hydroxyl groups is 1. The van der Waals surface area contributed by atoms with Gasteiger partial charge in [0.25, 0.3) is 0 Å². The molecule has 3 N–H and O–H groups in total. The van der Waals surface area contributed by atoms with Gasteiger partial charge in [-0.1, -0.05) is 6.07 Å². The van der Waals surface area contributed by atoms with Crippen LogP contribution in [0.2, 0.25) is 0 Å². The number of likely N-dealkylation sites (tertiary alicyclic amines) is 1. The van der Waals surface area contributed by atoms with E-state index in [9.17, 15) is 9.50 Å². The molecule has 112 valence electrons. The van der Waals surface area contributed by atoms with Crippen LogP contribution in [0.4, 0.5) is 4.39 Å². The standard InChI is InChI=1S/C15H23FN2O2/c1-20-14-6-2-5-12(16)15(14)13(17)7-9-18-8-3-4-11(19)10-18/h2,5-6,11,13,19H,3-4,7-10,17H2,1H3. The molecule has 0 aliphatic carbocycles. The molecule has 4 nitrogen and oxygen atoms in total. The van der Waals surface area contributed by atoms with E-state index in [4.69, 9.17) is 10.5 Å². The maximum atomic E-state index is 13.9. The number of halogens is 1. The molecule has 1 aliphatic rings. The monoisotopic (exact) mass is 282 g/mol. The lowest BCUT2D eigenvalue weighted by atomic mass is 10.0. The predicted molar refractivity (Wildman–Crippen MR) is 76.2 cm³/mol. The van der Waals surface area contributed by atoms with Crippen molar-refractivity contribution in [3.63, 3.8) is 0 Å². The molecule has 0 radical (unpaired) electrons. The lowest BCUT2D eigenvalue weighted by Crippen LogP contribution is -2.39. The minimum absolute atomic E-state index is 0.247. The van der Waals surface area contributed by atoms with Crippen molar-refractivity contribution in [1.29, 1.82) is 0 Å². The van der Waals surface area contributed by atoms with Crippen LogP contribution in [0, 0.1) is 5.82 Å². The van der Waals surface area contributed by atoms with E-state index >= 15 is 0 Å². The number of nitrogens with two attached hydrogens (primary N) is 1. The van der Waals surface area contributed by atoms with Gasteiger partial charge in [0, 0.05) is 24.7 Å². The van der Waals surface area contributed by atoms with Crippen molar-refractivity contribution in [2.24, 2.45) is 5.73 Å². The molecular formula is C15H23FN2O2. The number of methoxy groups -OCH3 is 1. The zero-order chi connectivity index (χ0) is 14.5. The summed E-state index contributed by atoms with van der Waals surface area (Å²) in [4.78, 5) is 2.18. The minimum atomic E-state index is -0.398. The van der Waals surface area contributed by atoms with Gasteiger partial charge in [0.15, 0.2) is 0 Å². The molecule has 1 aromatic rings. The average molecular weight is 282 g/mol. The minimum Gasteiger partial charge on any atom is -0.496 e. The van der Waals surface area contributed by atoms with Crippen LogP contribution >= 0.6 is 0 Å². The molecule has 0 aromatic heterocycles. The Labute approximate surface area is 119 Å². The maximum absolute atomic E-state index is 13.9. The number of piperidine rings is 1. The number of rotatable bonds is 5. The molecule has 1 aliphatic heterocycles. The number of aliphatic hydroxyl groups excluding tert-OH is 1. The summed E-state index contributed by atoms with van der Waals surface area (Å²) in [6.45, 7) is 2.41. The molecule has 1 fully saturated rings. The maximum Gasteiger partial charge on any atom is 0.131 e. The molecule has 5 heteroatoms. The highest BCUT2D eigenvalue weighted by Crippen LogP contribution is 2.28. The molecule has 1 aromatic carbocycles. The number of ether oxygens (including phenoxy) is 1.